The Morgan fingerprint density at radius 1 is 1.11 bits per heavy atom. The van der Waals surface area contributed by atoms with Crippen molar-refractivity contribution in [3.8, 4) is 11.5 Å². The van der Waals surface area contributed by atoms with Crippen molar-refractivity contribution < 1.29 is 19.1 Å². The third-order valence-corrected chi connectivity index (χ3v) is 4.79. The molecule has 0 atom stereocenters. The first-order valence-electron chi connectivity index (χ1n) is 8.93. The number of rotatable bonds is 6. The molecule has 2 amide bonds. The number of anilines is 2. The van der Waals surface area contributed by atoms with Crippen molar-refractivity contribution in [3.05, 3.63) is 48.0 Å². The zero-order valence-corrected chi connectivity index (χ0v) is 15.9. The van der Waals surface area contributed by atoms with Gasteiger partial charge in [-0.25, -0.2) is 0 Å². The molecule has 6 nitrogen and oxygen atoms in total. The first-order valence-corrected chi connectivity index (χ1v) is 8.93. The summed E-state index contributed by atoms with van der Waals surface area (Å²) in [5, 5.41) is 0. The van der Waals surface area contributed by atoms with Gasteiger partial charge < -0.3 is 19.3 Å². The molecule has 0 bridgehead atoms. The number of methoxy groups -OCH3 is 2. The minimum Gasteiger partial charge on any atom is -0.497 e. The smallest absolute Gasteiger partial charge is 0.228 e. The molecule has 0 saturated carbocycles. The van der Waals surface area contributed by atoms with Gasteiger partial charge >= 0.3 is 0 Å². The molecule has 1 heterocycles. The van der Waals surface area contributed by atoms with Crippen LogP contribution in [-0.2, 0) is 16.0 Å². The van der Waals surface area contributed by atoms with Crippen LogP contribution in [0.5, 0.6) is 11.5 Å². The fourth-order valence-corrected chi connectivity index (χ4v) is 3.39. The third kappa shape index (κ3) is 3.89. The largest absolute Gasteiger partial charge is 0.497 e. The predicted octanol–water partition coefficient (Wildman–Crippen LogP) is 3.04. The minimum absolute atomic E-state index is 0.00747. The molecule has 0 spiro atoms. The number of carbonyl (C=O) groups is 2. The van der Waals surface area contributed by atoms with E-state index in [0.717, 1.165) is 12.1 Å². The van der Waals surface area contributed by atoms with E-state index in [9.17, 15) is 9.59 Å². The van der Waals surface area contributed by atoms with Gasteiger partial charge in [0.1, 0.15) is 11.5 Å². The second-order valence-electron chi connectivity index (χ2n) is 6.38. The molecule has 2 aromatic carbocycles. The van der Waals surface area contributed by atoms with Crippen molar-refractivity contribution in [2.24, 2.45) is 0 Å². The van der Waals surface area contributed by atoms with Crippen LogP contribution in [0.25, 0.3) is 0 Å². The van der Waals surface area contributed by atoms with Crippen molar-refractivity contribution in [1.82, 2.24) is 0 Å². The Labute approximate surface area is 159 Å². The fourth-order valence-electron chi connectivity index (χ4n) is 3.39. The van der Waals surface area contributed by atoms with Crippen molar-refractivity contribution in [2.45, 2.75) is 19.8 Å². The van der Waals surface area contributed by atoms with E-state index in [0.29, 0.717) is 23.7 Å². The summed E-state index contributed by atoms with van der Waals surface area (Å²) in [5.41, 5.74) is 2.75. The van der Waals surface area contributed by atoms with Gasteiger partial charge in [-0.15, -0.1) is 0 Å². The van der Waals surface area contributed by atoms with Gasteiger partial charge in [-0.05, 0) is 30.2 Å². The molecule has 0 unspecified atom stereocenters. The van der Waals surface area contributed by atoms with Gasteiger partial charge in [-0.2, -0.15) is 0 Å². The number of fused-ring (bicyclic) bond motifs is 1. The summed E-state index contributed by atoms with van der Waals surface area (Å²) in [6.07, 6.45) is 1.09. The van der Waals surface area contributed by atoms with Gasteiger partial charge in [-0.1, -0.05) is 18.2 Å². The third-order valence-electron chi connectivity index (χ3n) is 4.79. The summed E-state index contributed by atoms with van der Waals surface area (Å²) in [6, 6.07) is 13.2. The number of carbonyl (C=O) groups excluding carboxylic acids is 2. The Hall–Kier alpha value is -3.02. The van der Waals surface area contributed by atoms with E-state index in [1.54, 1.807) is 42.2 Å². The Morgan fingerprint density at radius 3 is 2.59 bits per heavy atom. The van der Waals surface area contributed by atoms with Crippen LogP contribution < -0.4 is 19.3 Å². The fraction of sp³-hybridized carbons (Fsp3) is 0.333. The SMILES string of the molecule is COc1ccc(OC)c(N(CCC(=O)N2CCc3ccccc32)C(C)=O)c1. The molecule has 0 N–H and O–H groups in total. The Balaban J connectivity index is 1.77. The number of hydrogen-bond donors (Lipinski definition) is 0. The number of hydrogen-bond acceptors (Lipinski definition) is 4. The van der Waals surface area contributed by atoms with Crippen LogP contribution in [0.15, 0.2) is 42.5 Å². The topological polar surface area (TPSA) is 59.1 Å². The molecule has 27 heavy (non-hydrogen) atoms. The van der Waals surface area contributed by atoms with Crippen LogP contribution in [0.4, 0.5) is 11.4 Å². The van der Waals surface area contributed by atoms with Crippen molar-refractivity contribution in [1.29, 1.82) is 0 Å². The highest BCUT2D eigenvalue weighted by atomic mass is 16.5. The minimum atomic E-state index is -0.156. The van der Waals surface area contributed by atoms with E-state index in [4.69, 9.17) is 9.47 Å². The Bertz CT molecular complexity index is 850. The molecule has 3 rings (SSSR count). The number of para-hydroxylation sites is 1. The lowest BCUT2D eigenvalue weighted by molar-refractivity contribution is -0.118. The average molecular weight is 368 g/mol. The number of ether oxygens (including phenoxy) is 2. The van der Waals surface area contributed by atoms with E-state index < -0.39 is 0 Å². The van der Waals surface area contributed by atoms with Gasteiger partial charge in [-0.3, -0.25) is 9.59 Å². The zero-order valence-electron chi connectivity index (χ0n) is 15.9. The predicted molar refractivity (Wildman–Crippen MR) is 105 cm³/mol. The molecule has 142 valence electrons. The highest BCUT2D eigenvalue weighted by Gasteiger charge is 2.25. The molecular weight excluding hydrogens is 344 g/mol. The highest BCUT2D eigenvalue weighted by Crippen LogP contribution is 2.33. The van der Waals surface area contributed by atoms with E-state index in [2.05, 4.69) is 0 Å². The molecule has 6 heteroatoms. The molecule has 0 aliphatic carbocycles. The van der Waals surface area contributed by atoms with Gasteiger partial charge in [0.2, 0.25) is 11.8 Å². The van der Waals surface area contributed by atoms with E-state index >= 15 is 0 Å². The maximum Gasteiger partial charge on any atom is 0.228 e. The summed E-state index contributed by atoms with van der Waals surface area (Å²) in [5.74, 6) is 1.03. The van der Waals surface area contributed by atoms with Gasteiger partial charge in [0.15, 0.2) is 0 Å². The van der Waals surface area contributed by atoms with Crippen molar-refractivity contribution in [3.63, 3.8) is 0 Å². The molecule has 2 aromatic rings. The van der Waals surface area contributed by atoms with Crippen LogP contribution in [0, 0.1) is 0 Å². The molecular formula is C21H24N2O4. The normalized spacial score (nSPS) is 12.5. The summed E-state index contributed by atoms with van der Waals surface area (Å²) in [7, 11) is 3.12. The molecule has 0 saturated heterocycles. The quantitative estimate of drug-likeness (QED) is 0.786. The first-order chi connectivity index (χ1) is 13.0. The molecule has 1 aliphatic heterocycles. The van der Waals surface area contributed by atoms with Crippen LogP contribution in [0.3, 0.4) is 0 Å². The first kappa shape index (κ1) is 18.8. The van der Waals surface area contributed by atoms with Crippen LogP contribution in [0.1, 0.15) is 18.9 Å². The number of amides is 2. The van der Waals surface area contributed by atoms with Gasteiger partial charge in [0, 0.05) is 38.2 Å². The van der Waals surface area contributed by atoms with Crippen LogP contribution >= 0.6 is 0 Å². The van der Waals surface area contributed by atoms with Gasteiger partial charge in [0.05, 0.1) is 19.9 Å². The summed E-state index contributed by atoms with van der Waals surface area (Å²) in [6.45, 7) is 2.44. The Morgan fingerprint density at radius 2 is 1.89 bits per heavy atom. The van der Waals surface area contributed by atoms with Crippen LogP contribution in [0.2, 0.25) is 0 Å². The standard InChI is InChI=1S/C21H24N2O4/c1-15(24)22(19-14-17(26-2)8-9-20(19)27-3)13-11-21(25)23-12-10-16-6-4-5-7-18(16)23/h4-9,14H,10-13H2,1-3H3. The summed E-state index contributed by atoms with van der Waals surface area (Å²) in [4.78, 5) is 28.4. The number of benzene rings is 2. The molecule has 0 aromatic heterocycles. The van der Waals surface area contributed by atoms with Crippen molar-refractivity contribution >= 4 is 23.2 Å². The van der Waals surface area contributed by atoms with E-state index in [1.807, 2.05) is 24.3 Å². The lowest BCUT2D eigenvalue weighted by atomic mass is 10.2. The number of nitrogens with zero attached hydrogens (tertiary/aromatic N) is 2. The van der Waals surface area contributed by atoms with E-state index in [1.165, 1.54) is 12.5 Å². The van der Waals surface area contributed by atoms with E-state index in [-0.39, 0.29) is 24.8 Å². The highest BCUT2D eigenvalue weighted by molar-refractivity contribution is 5.98. The maximum atomic E-state index is 12.8. The van der Waals surface area contributed by atoms with Crippen LogP contribution in [-0.4, -0.2) is 39.1 Å². The monoisotopic (exact) mass is 368 g/mol. The van der Waals surface area contributed by atoms with Crippen molar-refractivity contribution in [2.75, 3.05) is 37.1 Å². The second-order valence-corrected chi connectivity index (χ2v) is 6.38. The Kier molecular flexibility index (Phi) is 5.64. The lowest BCUT2D eigenvalue weighted by Crippen LogP contribution is -2.35. The second kappa shape index (κ2) is 8.12. The summed E-state index contributed by atoms with van der Waals surface area (Å²) >= 11 is 0. The zero-order chi connectivity index (χ0) is 19.4. The molecule has 1 aliphatic rings. The lowest BCUT2D eigenvalue weighted by Gasteiger charge is -2.25. The molecule has 0 fully saturated rings. The van der Waals surface area contributed by atoms with Gasteiger partial charge in [0.25, 0.3) is 0 Å². The summed E-state index contributed by atoms with van der Waals surface area (Å²) < 4.78 is 10.6. The average Bonchev–Trinajstić information content (AvgIpc) is 3.11. The maximum absolute atomic E-state index is 12.8. The molecule has 0 radical (unpaired) electrons.